The molecule has 3 aromatic carbocycles. The third kappa shape index (κ3) is 5.93. The number of halogens is 3. The van der Waals surface area contributed by atoms with Gasteiger partial charge in [0.1, 0.15) is 0 Å². The zero-order valence-electron chi connectivity index (χ0n) is 23.8. The Kier molecular flexibility index (Phi) is 8.05. The lowest BCUT2D eigenvalue weighted by molar-refractivity contribution is -0.118. The second kappa shape index (κ2) is 11.3. The first kappa shape index (κ1) is 29.3. The van der Waals surface area contributed by atoms with Crippen LogP contribution in [0.1, 0.15) is 74.8 Å². The normalized spacial score (nSPS) is 21.8. The lowest BCUT2D eigenvalue weighted by Crippen LogP contribution is -2.41. The number of carbonyl (C=O) groups excluding carboxylic acids is 1. The largest absolute Gasteiger partial charge is 0.493 e. The van der Waals surface area contributed by atoms with Gasteiger partial charge in [-0.15, -0.1) is 0 Å². The van der Waals surface area contributed by atoms with Crippen molar-refractivity contribution in [3.8, 4) is 11.5 Å². The highest BCUT2D eigenvalue weighted by molar-refractivity contribution is 6.30. The van der Waals surface area contributed by atoms with Crippen molar-refractivity contribution in [2.45, 2.75) is 76.5 Å². The fourth-order valence-corrected chi connectivity index (χ4v) is 6.30. The topological polar surface area (TPSA) is 59.0 Å². The van der Waals surface area contributed by atoms with Gasteiger partial charge in [0.25, 0.3) is 0 Å². The number of hydrogen-bond donors (Lipinski definition) is 1. The molecule has 0 spiro atoms. The number of aliphatic hydroxyl groups is 1. The maximum absolute atomic E-state index is 14.2. The van der Waals surface area contributed by atoms with Crippen LogP contribution in [0.25, 0.3) is 0 Å². The number of rotatable bonds is 7. The van der Waals surface area contributed by atoms with Crippen LogP contribution in [0, 0.1) is 5.92 Å². The predicted octanol–water partition coefficient (Wildman–Crippen LogP) is 7.85. The zero-order chi connectivity index (χ0) is 29.5. The molecule has 1 aliphatic heterocycles. The Hall–Kier alpha value is -3.16. The van der Waals surface area contributed by atoms with Gasteiger partial charge in [0.05, 0.1) is 31.3 Å². The molecule has 2 aliphatic rings. The summed E-state index contributed by atoms with van der Waals surface area (Å²) in [6.07, 6.45) is 0.513. The highest BCUT2D eigenvalue weighted by Gasteiger charge is 2.44. The first-order valence-corrected chi connectivity index (χ1v) is 14.4. The molecule has 0 saturated heterocycles. The molecular weight excluding hydrogens is 548 g/mol. The van der Waals surface area contributed by atoms with Crippen LogP contribution in [0.2, 0.25) is 5.02 Å². The molecule has 0 bridgehead atoms. The minimum absolute atomic E-state index is 0.0818. The van der Waals surface area contributed by atoms with Crippen LogP contribution in [-0.2, 0) is 16.8 Å². The predicted molar refractivity (Wildman–Crippen MR) is 156 cm³/mol. The molecule has 1 fully saturated rings. The number of carbonyl (C=O) groups is 1. The van der Waals surface area contributed by atoms with Crippen molar-refractivity contribution in [2.75, 3.05) is 12.0 Å². The summed E-state index contributed by atoms with van der Waals surface area (Å²) in [5, 5.41) is 12.0. The molecule has 1 heterocycles. The van der Waals surface area contributed by atoms with Gasteiger partial charge in [0.2, 0.25) is 11.8 Å². The van der Waals surface area contributed by atoms with E-state index >= 15 is 0 Å². The van der Waals surface area contributed by atoms with E-state index in [0.29, 0.717) is 40.6 Å². The van der Waals surface area contributed by atoms with Crippen molar-refractivity contribution in [1.29, 1.82) is 0 Å². The SMILES string of the molecule is COc1cc2c(cc1OC(C)C)[C@H](c1ccc(Cl)cc1)N(c1ccc([C@](C)(O)C3CCCC(F)(F)C3)cc1)C(=O)C2. The van der Waals surface area contributed by atoms with Crippen molar-refractivity contribution in [3.63, 3.8) is 0 Å². The molecule has 1 amide bonds. The summed E-state index contributed by atoms with van der Waals surface area (Å²) in [6, 6.07) is 17.8. The molecule has 8 heteroatoms. The summed E-state index contributed by atoms with van der Waals surface area (Å²) in [5.41, 5.74) is 2.38. The maximum atomic E-state index is 14.2. The average Bonchev–Trinajstić information content (AvgIpc) is 2.92. The lowest BCUT2D eigenvalue weighted by Gasteiger charge is -2.40. The molecule has 218 valence electrons. The first-order valence-electron chi connectivity index (χ1n) is 14.1. The van der Waals surface area contributed by atoms with Gasteiger partial charge in [-0.1, -0.05) is 35.9 Å². The summed E-state index contributed by atoms with van der Waals surface area (Å²) < 4.78 is 40.0. The molecule has 1 aliphatic carbocycles. The molecule has 3 aromatic rings. The van der Waals surface area contributed by atoms with E-state index in [2.05, 4.69) is 0 Å². The second-order valence-corrected chi connectivity index (χ2v) is 12.0. The Bertz CT molecular complexity index is 1410. The van der Waals surface area contributed by atoms with Crippen LogP contribution < -0.4 is 14.4 Å². The Morgan fingerprint density at radius 1 is 1.07 bits per heavy atom. The van der Waals surface area contributed by atoms with Gasteiger partial charge in [-0.25, -0.2) is 8.78 Å². The van der Waals surface area contributed by atoms with Gasteiger partial charge >= 0.3 is 0 Å². The number of hydrogen-bond acceptors (Lipinski definition) is 4. The number of anilines is 1. The summed E-state index contributed by atoms with van der Waals surface area (Å²) in [6.45, 7) is 5.49. The Morgan fingerprint density at radius 2 is 1.76 bits per heavy atom. The van der Waals surface area contributed by atoms with Gasteiger partial charge in [-0.05, 0) is 98.2 Å². The van der Waals surface area contributed by atoms with E-state index in [-0.39, 0.29) is 31.3 Å². The Morgan fingerprint density at radius 3 is 2.37 bits per heavy atom. The third-order valence-electron chi connectivity index (χ3n) is 8.30. The Labute approximate surface area is 245 Å². The molecule has 5 rings (SSSR count). The van der Waals surface area contributed by atoms with Crippen LogP contribution in [0.5, 0.6) is 11.5 Å². The standard InChI is InChI=1S/C33H36ClF2NO4/c1-20(2)41-29-18-27-22(16-28(29)40-4)17-30(38)37(31(27)21-7-11-25(34)12-8-21)26-13-9-23(10-14-26)32(3,39)24-6-5-15-33(35,36)19-24/h7-14,16,18,20,24,31,39H,5-6,15,17,19H2,1-4H3/t24?,31-,32-/m0/s1. The van der Waals surface area contributed by atoms with Crippen molar-refractivity contribution in [2.24, 2.45) is 5.92 Å². The highest BCUT2D eigenvalue weighted by atomic mass is 35.5. The molecule has 0 radical (unpaired) electrons. The number of ether oxygens (including phenoxy) is 2. The van der Waals surface area contributed by atoms with Crippen LogP contribution in [-0.4, -0.2) is 30.2 Å². The molecule has 5 nitrogen and oxygen atoms in total. The van der Waals surface area contributed by atoms with E-state index in [1.165, 1.54) is 0 Å². The number of alkyl halides is 2. The summed E-state index contributed by atoms with van der Waals surface area (Å²) in [4.78, 5) is 15.5. The monoisotopic (exact) mass is 583 g/mol. The second-order valence-electron chi connectivity index (χ2n) is 11.6. The number of amides is 1. The van der Waals surface area contributed by atoms with Crippen LogP contribution in [0.3, 0.4) is 0 Å². The van der Waals surface area contributed by atoms with E-state index in [1.54, 1.807) is 55.3 Å². The number of nitrogens with zero attached hydrogens (tertiary/aromatic N) is 1. The van der Waals surface area contributed by atoms with Crippen LogP contribution in [0.4, 0.5) is 14.5 Å². The molecular formula is C33H36ClF2NO4. The minimum Gasteiger partial charge on any atom is -0.493 e. The van der Waals surface area contributed by atoms with Gasteiger partial charge in [-0.2, -0.15) is 0 Å². The number of methoxy groups -OCH3 is 1. The van der Waals surface area contributed by atoms with Crippen molar-refractivity contribution < 1.29 is 28.2 Å². The minimum atomic E-state index is -2.77. The van der Waals surface area contributed by atoms with Gasteiger partial charge < -0.3 is 19.5 Å². The van der Waals surface area contributed by atoms with Gasteiger partial charge in [-0.3, -0.25) is 4.79 Å². The first-order chi connectivity index (χ1) is 19.4. The molecule has 1 N–H and O–H groups in total. The summed E-state index contributed by atoms with van der Waals surface area (Å²) in [7, 11) is 1.58. The van der Waals surface area contributed by atoms with E-state index in [0.717, 1.165) is 16.7 Å². The molecule has 1 unspecified atom stereocenters. The summed E-state index contributed by atoms with van der Waals surface area (Å²) in [5.74, 6) is -2.29. The molecule has 0 aromatic heterocycles. The molecule has 41 heavy (non-hydrogen) atoms. The number of benzene rings is 3. The summed E-state index contributed by atoms with van der Waals surface area (Å²) >= 11 is 6.21. The maximum Gasteiger partial charge on any atom is 0.248 e. The molecule has 3 atom stereocenters. The van der Waals surface area contributed by atoms with E-state index in [1.807, 2.05) is 38.1 Å². The van der Waals surface area contributed by atoms with Gasteiger partial charge in [0.15, 0.2) is 11.5 Å². The van der Waals surface area contributed by atoms with Crippen molar-refractivity contribution >= 4 is 23.2 Å². The number of fused-ring (bicyclic) bond motifs is 1. The Balaban J connectivity index is 1.56. The van der Waals surface area contributed by atoms with E-state index in [9.17, 15) is 18.7 Å². The zero-order valence-corrected chi connectivity index (χ0v) is 24.6. The lowest BCUT2D eigenvalue weighted by atomic mass is 9.73. The van der Waals surface area contributed by atoms with Crippen LogP contribution >= 0.6 is 11.6 Å². The van der Waals surface area contributed by atoms with Crippen LogP contribution in [0.15, 0.2) is 60.7 Å². The fourth-order valence-electron chi connectivity index (χ4n) is 6.18. The fraction of sp³-hybridized carbons (Fsp3) is 0.424. The van der Waals surface area contributed by atoms with E-state index < -0.39 is 23.5 Å². The highest BCUT2D eigenvalue weighted by Crippen LogP contribution is 2.47. The van der Waals surface area contributed by atoms with E-state index in [4.69, 9.17) is 21.1 Å². The van der Waals surface area contributed by atoms with Crippen molar-refractivity contribution in [3.05, 3.63) is 87.9 Å². The van der Waals surface area contributed by atoms with Crippen molar-refractivity contribution in [1.82, 2.24) is 0 Å². The quantitative estimate of drug-likeness (QED) is 0.308. The van der Waals surface area contributed by atoms with Gasteiger partial charge in [0, 0.05) is 23.6 Å². The molecule has 1 saturated carbocycles. The third-order valence-corrected chi connectivity index (χ3v) is 8.55. The smallest absolute Gasteiger partial charge is 0.248 e. The average molecular weight is 584 g/mol.